The molecule has 3 nitrogen and oxygen atoms in total. The number of benzene rings is 1. The Morgan fingerprint density at radius 1 is 1.33 bits per heavy atom. The van der Waals surface area contributed by atoms with Crippen molar-refractivity contribution in [1.29, 1.82) is 0 Å². The van der Waals surface area contributed by atoms with Gasteiger partial charge in [-0.25, -0.2) is 0 Å². The lowest BCUT2D eigenvalue weighted by Crippen LogP contribution is -2.37. The molecule has 1 aliphatic heterocycles. The number of nitrogens with zero attached hydrogens (tertiary/aromatic N) is 1. The van der Waals surface area contributed by atoms with E-state index in [9.17, 15) is 0 Å². The predicted molar refractivity (Wildman–Crippen MR) is 75.6 cm³/mol. The summed E-state index contributed by atoms with van der Waals surface area (Å²) >= 11 is 0. The van der Waals surface area contributed by atoms with Crippen molar-refractivity contribution in [3.05, 3.63) is 23.8 Å². The van der Waals surface area contributed by atoms with Crippen molar-refractivity contribution in [3.63, 3.8) is 0 Å². The first-order valence-corrected chi connectivity index (χ1v) is 6.75. The summed E-state index contributed by atoms with van der Waals surface area (Å²) in [6.45, 7) is 8.01. The summed E-state index contributed by atoms with van der Waals surface area (Å²) in [5, 5.41) is 0. The SMILES string of the molecule is COc1cc(N)ccc1CN1CCC(C)C(C)C1. The fourth-order valence-electron chi connectivity index (χ4n) is 2.63. The van der Waals surface area contributed by atoms with E-state index < -0.39 is 0 Å². The molecule has 1 aliphatic rings. The fraction of sp³-hybridized carbons (Fsp3) is 0.600. The zero-order valence-electron chi connectivity index (χ0n) is 11.6. The largest absolute Gasteiger partial charge is 0.496 e. The second kappa shape index (κ2) is 5.61. The molecule has 1 aromatic rings. The number of rotatable bonds is 3. The van der Waals surface area contributed by atoms with E-state index in [1.54, 1.807) is 7.11 Å². The van der Waals surface area contributed by atoms with Crippen LogP contribution in [0.15, 0.2) is 18.2 Å². The van der Waals surface area contributed by atoms with Crippen LogP contribution in [0.2, 0.25) is 0 Å². The quantitative estimate of drug-likeness (QED) is 0.836. The van der Waals surface area contributed by atoms with Crippen LogP contribution in [0, 0.1) is 11.8 Å². The van der Waals surface area contributed by atoms with E-state index in [1.807, 2.05) is 12.1 Å². The molecule has 2 N–H and O–H groups in total. The number of nitrogens with two attached hydrogens (primary N) is 1. The molecule has 0 aliphatic carbocycles. The highest BCUT2D eigenvalue weighted by Crippen LogP contribution is 2.27. The number of piperidine rings is 1. The average Bonchev–Trinajstić information content (AvgIpc) is 2.36. The maximum Gasteiger partial charge on any atom is 0.125 e. The minimum absolute atomic E-state index is 0.760. The van der Waals surface area contributed by atoms with Crippen LogP contribution < -0.4 is 10.5 Å². The molecule has 1 heterocycles. The van der Waals surface area contributed by atoms with Gasteiger partial charge in [0.25, 0.3) is 0 Å². The van der Waals surface area contributed by atoms with Crippen molar-refractivity contribution in [2.24, 2.45) is 11.8 Å². The first-order chi connectivity index (χ1) is 8.60. The summed E-state index contributed by atoms with van der Waals surface area (Å²) in [6.07, 6.45) is 1.29. The van der Waals surface area contributed by atoms with Gasteiger partial charge in [-0.2, -0.15) is 0 Å². The molecule has 1 saturated heterocycles. The number of nitrogen functional groups attached to an aromatic ring is 1. The Morgan fingerprint density at radius 2 is 2.11 bits per heavy atom. The van der Waals surface area contributed by atoms with E-state index >= 15 is 0 Å². The second-order valence-corrected chi connectivity index (χ2v) is 5.55. The van der Waals surface area contributed by atoms with Crippen molar-refractivity contribution in [2.75, 3.05) is 25.9 Å². The van der Waals surface area contributed by atoms with E-state index in [2.05, 4.69) is 24.8 Å². The molecular weight excluding hydrogens is 224 g/mol. The van der Waals surface area contributed by atoms with Crippen molar-refractivity contribution in [2.45, 2.75) is 26.8 Å². The van der Waals surface area contributed by atoms with Crippen LogP contribution in [0.3, 0.4) is 0 Å². The number of likely N-dealkylation sites (tertiary alicyclic amines) is 1. The monoisotopic (exact) mass is 248 g/mol. The predicted octanol–water partition coefficient (Wildman–Crippen LogP) is 2.76. The molecule has 0 amide bonds. The molecule has 18 heavy (non-hydrogen) atoms. The van der Waals surface area contributed by atoms with Gasteiger partial charge in [-0.3, -0.25) is 4.90 Å². The zero-order chi connectivity index (χ0) is 13.1. The molecule has 2 rings (SSSR count). The van der Waals surface area contributed by atoms with Gasteiger partial charge in [-0.15, -0.1) is 0 Å². The Balaban J connectivity index is 2.05. The highest BCUT2D eigenvalue weighted by Gasteiger charge is 2.23. The van der Waals surface area contributed by atoms with Crippen molar-refractivity contribution >= 4 is 5.69 Å². The molecule has 3 heteroatoms. The summed E-state index contributed by atoms with van der Waals surface area (Å²) in [5.41, 5.74) is 7.77. The maximum absolute atomic E-state index is 5.78. The molecule has 0 radical (unpaired) electrons. The third-order valence-corrected chi connectivity index (χ3v) is 4.12. The summed E-state index contributed by atoms with van der Waals surface area (Å²) in [7, 11) is 1.71. The first kappa shape index (κ1) is 13.2. The van der Waals surface area contributed by atoms with Gasteiger partial charge in [0.2, 0.25) is 0 Å². The number of hydrogen-bond donors (Lipinski definition) is 1. The molecule has 0 aromatic heterocycles. The minimum atomic E-state index is 0.760. The molecule has 100 valence electrons. The van der Waals surface area contributed by atoms with Crippen LogP contribution in [0.1, 0.15) is 25.8 Å². The zero-order valence-corrected chi connectivity index (χ0v) is 11.6. The molecule has 1 fully saturated rings. The average molecular weight is 248 g/mol. The van der Waals surface area contributed by atoms with Gasteiger partial charge in [0.1, 0.15) is 5.75 Å². The molecule has 2 atom stereocenters. The summed E-state index contributed by atoms with van der Waals surface area (Å²) < 4.78 is 5.41. The molecule has 1 aromatic carbocycles. The summed E-state index contributed by atoms with van der Waals surface area (Å²) in [5.74, 6) is 2.52. The summed E-state index contributed by atoms with van der Waals surface area (Å²) in [4.78, 5) is 2.51. The van der Waals surface area contributed by atoms with Crippen molar-refractivity contribution in [3.8, 4) is 5.75 Å². The van der Waals surface area contributed by atoms with E-state index in [0.717, 1.165) is 29.8 Å². The fourth-order valence-corrected chi connectivity index (χ4v) is 2.63. The van der Waals surface area contributed by atoms with Crippen LogP contribution in [-0.2, 0) is 6.54 Å². The molecule has 0 spiro atoms. The third kappa shape index (κ3) is 2.96. The van der Waals surface area contributed by atoms with Crippen LogP contribution in [0.5, 0.6) is 5.75 Å². The standard InChI is InChI=1S/C15H24N2O/c1-11-6-7-17(9-12(11)2)10-13-4-5-14(16)8-15(13)18-3/h4-5,8,11-12H,6-7,9-10,16H2,1-3H3. The minimum Gasteiger partial charge on any atom is -0.496 e. The Hall–Kier alpha value is -1.22. The Kier molecular flexibility index (Phi) is 4.12. The summed E-state index contributed by atoms with van der Waals surface area (Å²) in [6, 6.07) is 5.94. The van der Waals surface area contributed by atoms with Gasteiger partial charge in [0, 0.05) is 30.4 Å². The lowest BCUT2D eigenvalue weighted by Gasteiger charge is -2.35. The van der Waals surface area contributed by atoms with Gasteiger partial charge in [0.05, 0.1) is 7.11 Å². The number of hydrogen-bond acceptors (Lipinski definition) is 3. The highest BCUT2D eigenvalue weighted by atomic mass is 16.5. The van der Waals surface area contributed by atoms with Crippen molar-refractivity contribution < 1.29 is 4.74 Å². The van der Waals surface area contributed by atoms with Crippen LogP contribution in [-0.4, -0.2) is 25.1 Å². The molecule has 2 unspecified atom stereocenters. The number of anilines is 1. The van der Waals surface area contributed by atoms with Gasteiger partial charge in [0.15, 0.2) is 0 Å². The van der Waals surface area contributed by atoms with Crippen LogP contribution in [0.4, 0.5) is 5.69 Å². The van der Waals surface area contributed by atoms with Gasteiger partial charge in [-0.1, -0.05) is 19.9 Å². The lowest BCUT2D eigenvalue weighted by molar-refractivity contribution is 0.131. The first-order valence-electron chi connectivity index (χ1n) is 6.75. The third-order valence-electron chi connectivity index (χ3n) is 4.12. The van der Waals surface area contributed by atoms with E-state index in [0.29, 0.717) is 0 Å². The molecule has 0 saturated carbocycles. The van der Waals surface area contributed by atoms with E-state index in [-0.39, 0.29) is 0 Å². The number of methoxy groups -OCH3 is 1. The smallest absolute Gasteiger partial charge is 0.125 e. The Morgan fingerprint density at radius 3 is 2.78 bits per heavy atom. The molecule has 0 bridgehead atoms. The highest BCUT2D eigenvalue weighted by molar-refractivity contribution is 5.48. The lowest BCUT2D eigenvalue weighted by atomic mass is 9.88. The number of ether oxygens (including phenoxy) is 1. The molecular formula is C15H24N2O. The topological polar surface area (TPSA) is 38.5 Å². The second-order valence-electron chi connectivity index (χ2n) is 5.55. The van der Waals surface area contributed by atoms with Crippen molar-refractivity contribution in [1.82, 2.24) is 4.90 Å². The maximum atomic E-state index is 5.78. The van der Waals surface area contributed by atoms with Gasteiger partial charge >= 0.3 is 0 Å². The van der Waals surface area contributed by atoms with Crippen LogP contribution in [0.25, 0.3) is 0 Å². The van der Waals surface area contributed by atoms with E-state index in [4.69, 9.17) is 10.5 Å². The Labute approximate surface area is 110 Å². The normalized spacial score (nSPS) is 25.1. The van der Waals surface area contributed by atoms with Gasteiger partial charge < -0.3 is 10.5 Å². The van der Waals surface area contributed by atoms with E-state index in [1.165, 1.54) is 25.1 Å². The van der Waals surface area contributed by atoms with Gasteiger partial charge in [-0.05, 0) is 30.9 Å². The Bertz CT molecular complexity index is 405. The van der Waals surface area contributed by atoms with Crippen LogP contribution >= 0.6 is 0 Å².